The summed E-state index contributed by atoms with van der Waals surface area (Å²) in [5, 5.41) is 8.80. The van der Waals surface area contributed by atoms with Crippen LogP contribution in [0, 0.1) is 6.92 Å². The molecule has 0 saturated heterocycles. The zero-order valence-corrected chi connectivity index (χ0v) is 9.06. The summed E-state index contributed by atoms with van der Waals surface area (Å²) in [6, 6.07) is 2.17. The number of carboxylic acids is 1. The fourth-order valence-corrected chi connectivity index (χ4v) is 3.37. The number of carbonyl (C=O) groups is 1. The van der Waals surface area contributed by atoms with Crippen LogP contribution in [0.3, 0.4) is 0 Å². The van der Waals surface area contributed by atoms with E-state index in [1.54, 1.807) is 0 Å². The maximum Gasteiger partial charge on any atom is 0.303 e. The van der Waals surface area contributed by atoms with E-state index in [0.717, 1.165) is 19.3 Å². The lowest BCUT2D eigenvalue weighted by Crippen LogP contribution is -2.11. The van der Waals surface area contributed by atoms with E-state index >= 15 is 0 Å². The van der Waals surface area contributed by atoms with Crippen molar-refractivity contribution in [3.8, 4) is 0 Å². The van der Waals surface area contributed by atoms with Gasteiger partial charge in [-0.3, -0.25) is 4.79 Å². The van der Waals surface area contributed by atoms with Crippen molar-refractivity contribution in [1.29, 1.82) is 0 Å². The molecule has 0 aromatic carbocycles. The van der Waals surface area contributed by atoms with E-state index in [1.807, 2.05) is 11.3 Å². The van der Waals surface area contributed by atoms with Gasteiger partial charge in [0.2, 0.25) is 0 Å². The zero-order valence-electron chi connectivity index (χ0n) is 8.25. The van der Waals surface area contributed by atoms with Crippen molar-refractivity contribution in [3.05, 3.63) is 21.4 Å². The molecule has 1 aliphatic carbocycles. The van der Waals surface area contributed by atoms with Crippen LogP contribution in [0.15, 0.2) is 6.07 Å². The molecular weight excluding hydrogens is 196 g/mol. The Morgan fingerprint density at radius 3 is 3.21 bits per heavy atom. The molecule has 1 aliphatic rings. The summed E-state index contributed by atoms with van der Waals surface area (Å²) < 4.78 is 0. The average Bonchev–Trinajstić information content (AvgIpc) is 2.45. The molecule has 1 aromatic rings. The van der Waals surface area contributed by atoms with Crippen LogP contribution < -0.4 is 0 Å². The van der Waals surface area contributed by atoms with Gasteiger partial charge in [-0.15, -0.1) is 11.3 Å². The lowest BCUT2D eigenvalue weighted by atomic mass is 9.85. The van der Waals surface area contributed by atoms with Gasteiger partial charge in [0.1, 0.15) is 0 Å². The van der Waals surface area contributed by atoms with Gasteiger partial charge in [0.05, 0.1) is 6.42 Å². The van der Waals surface area contributed by atoms with Crippen LogP contribution in [0.5, 0.6) is 0 Å². The summed E-state index contributed by atoms with van der Waals surface area (Å²) in [6.07, 6.45) is 3.62. The van der Waals surface area contributed by atoms with E-state index in [0.29, 0.717) is 6.42 Å². The summed E-state index contributed by atoms with van der Waals surface area (Å²) in [4.78, 5) is 13.4. The minimum atomic E-state index is -0.674. The second-order valence-corrected chi connectivity index (χ2v) is 5.26. The Hall–Kier alpha value is -0.830. The molecule has 3 heteroatoms. The lowest BCUT2D eigenvalue weighted by molar-refractivity contribution is -0.137. The molecule has 0 spiro atoms. The predicted molar refractivity (Wildman–Crippen MR) is 57.0 cm³/mol. The number of fused-ring (bicyclic) bond motifs is 1. The third-order valence-electron chi connectivity index (χ3n) is 2.78. The number of hydrogen-bond donors (Lipinski definition) is 1. The number of rotatable bonds is 2. The Bertz CT molecular complexity index is 354. The molecule has 0 bridgehead atoms. The third kappa shape index (κ3) is 1.82. The maximum absolute atomic E-state index is 10.7. The Morgan fingerprint density at radius 2 is 2.50 bits per heavy atom. The Morgan fingerprint density at radius 1 is 1.71 bits per heavy atom. The summed E-state index contributed by atoms with van der Waals surface area (Å²) in [7, 11) is 0. The third-order valence-corrected chi connectivity index (χ3v) is 3.91. The molecule has 0 amide bonds. The number of aliphatic carboxylic acids is 1. The largest absolute Gasteiger partial charge is 0.481 e. The number of carboxylic acid groups (broad SMARTS) is 1. The van der Waals surface area contributed by atoms with Crippen molar-refractivity contribution in [1.82, 2.24) is 0 Å². The van der Waals surface area contributed by atoms with E-state index in [2.05, 4.69) is 13.0 Å². The van der Waals surface area contributed by atoms with Crippen LogP contribution in [-0.4, -0.2) is 11.1 Å². The average molecular weight is 210 g/mol. The van der Waals surface area contributed by atoms with Gasteiger partial charge in [0.15, 0.2) is 0 Å². The van der Waals surface area contributed by atoms with E-state index < -0.39 is 5.97 Å². The van der Waals surface area contributed by atoms with Crippen molar-refractivity contribution in [3.63, 3.8) is 0 Å². The monoisotopic (exact) mass is 210 g/mol. The normalized spacial score (nSPS) is 20.5. The number of hydrogen-bond acceptors (Lipinski definition) is 2. The van der Waals surface area contributed by atoms with Gasteiger partial charge in [-0.1, -0.05) is 0 Å². The highest BCUT2D eigenvalue weighted by molar-refractivity contribution is 7.12. The molecule has 2 nitrogen and oxygen atoms in total. The predicted octanol–water partition coefficient (Wildman–Crippen LogP) is 2.95. The molecule has 0 fully saturated rings. The van der Waals surface area contributed by atoms with Crippen molar-refractivity contribution < 1.29 is 9.90 Å². The minimum absolute atomic E-state index is 0.265. The molecule has 1 atom stereocenters. The molecule has 0 radical (unpaired) electrons. The van der Waals surface area contributed by atoms with Crippen molar-refractivity contribution >= 4 is 17.3 Å². The quantitative estimate of drug-likeness (QED) is 0.814. The first-order valence-corrected chi connectivity index (χ1v) is 5.79. The molecule has 0 aliphatic heterocycles. The molecule has 76 valence electrons. The maximum atomic E-state index is 10.7. The molecule has 1 unspecified atom stereocenters. The van der Waals surface area contributed by atoms with Gasteiger partial charge in [-0.25, -0.2) is 0 Å². The zero-order chi connectivity index (χ0) is 10.1. The molecular formula is C11H14O2S. The van der Waals surface area contributed by atoms with E-state index in [4.69, 9.17) is 5.11 Å². The van der Waals surface area contributed by atoms with Crippen LogP contribution >= 0.6 is 11.3 Å². The lowest BCUT2D eigenvalue weighted by Gasteiger charge is -2.20. The van der Waals surface area contributed by atoms with Crippen molar-refractivity contribution in [2.45, 2.75) is 38.5 Å². The van der Waals surface area contributed by atoms with Crippen molar-refractivity contribution in [2.24, 2.45) is 0 Å². The summed E-state index contributed by atoms with van der Waals surface area (Å²) in [5.41, 5.74) is 1.31. The van der Waals surface area contributed by atoms with Gasteiger partial charge in [0, 0.05) is 9.75 Å². The molecule has 0 saturated carbocycles. The summed E-state index contributed by atoms with van der Waals surface area (Å²) in [6.45, 7) is 2.10. The van der Waals surface area contributed by atoms with Gasteiger partial charge in [-0.2, -0.15) is 0 Å². The van der Waals surface area contributed by atoms with Crippen LogP contribution in [0.4, 0.5) is 0 Å². The number of aryl methyl sites for hydroxylation is 2. The second kappa shape index (κ2) is 3.73. The smallest absolute Gasteiger partial charge is 0.303 e. The molecule has 1 aromatic heterocycles. The standard InChI is InChI=1S/C11H14O2S/c1-7-5-9-8(6-11(12)13)3-2-4-10(9)14-7/h5,8H,2-4,6H2,1H3,(H,12,13). The van der Waals surface area contributed by atoms with Crippen molar-refractivity contribution in [2.75, 3.05) is 0 Å². The minimum Gasteiger partial charge on any atom is -0.481 e. The first-order chi connectivity index (χ1) is 6.66. The van der Waals surface area contributed by atoms with Gasteiger partial charge < -0.3 is 5.11 Å². The fraction of sp³-hybridized carbons (Fsp3) is 0.545. The van der Waals surface area contributed by atoms with Gasteiger partial charge in [-0.05, 0) is 43.7 Å². The molecule has 2 rings (SSSR count). The van der Waals surface area contributed by atoms with E-state index in [-0.39, 0.29) is 5.92 Å². The van der Waals surface area contributed by atoms with Crippen LogP contribution in [0.2, 0.25) is 0 Å². The second-order valence-electron chi connectivity index (χ2n) is 3.92. The Labute approximate surface area is 87.6 Å². The van der Waals surface area contributed by atoms with Crippen LogP contribution in [0.1, 0.15) is 40.5 Å². The Balaban J connectivity index is 2.25. The first-order valence-electron chi connectivity index (χ1n) is 4.98. The fourth-order valence-electron chi connectivity index (χ4n) is 2.21. The van der Waals surface area contributed by atoms with Crippen LogP contribution in [0.25, 0.3) is 0 Å². The molecule has 1 heterocycles. The van der Waals surface area contributed by atoms with E-state index in [9.17, 15) is 4.79 Å². The summed E-state index contributed by atoms with van der Waals surface area (Å²) >= 11 is 1.83. The Kier molecular flexibility index (Phi) is 2.59. The highest BCUT2D eigenvalue weighted by Gasteiger charge is 2.23. The van der Waals surface area contributed by atoms with E-state index in [1.165, 1.54) is 15.3 Å². The first kappa shape index (κ1) is 9.71. The highest BCUT2D eigenvalue weighted by atomic mass is 32.1. The molecule has 1 N–H and O–H groups in total. The number of thiophene rings is 1. The van der Waals surface area contributed by atoms with Crippen LogP contribution in [-0.2, 0) is 11.2 Å². The topological polar surface area (TPSA) is 37.3 Å². The summed E-state index contributed by atoms with van der Waals surface area (Å²) in [5.74, 6) is -0.409. The highest BCUT2D eigenvalue weighted by Crippen LogP contribution is 2.38. The molecule has 14 heavy (non-hydrogen) atoms. The van der Waals surface area contributed by atoms with Gasteiger partial charge >= 0.3 is 5.97 Å². The van der Waals surface area contributed by atoms with Gasteiger partial charge in [0.25, 0.3) is 0 Å². The SMILES string of the molecule is Cc1cc2c(s1)CCCC2CC(=O)O.